The Morgan fingerprint density at radius 3 is 1.48 bits per heavy atom. The van der Waals surface area contributed by atoms with E-state index in [1.54, 1.807) is 50.6 Å². The third-order valence-electron chi connectivity index (χ3n) is 4.57. The maximum absolute atomic E-state index is 12.2. The van der Waals surface area contributed by atoms with Crippen molar-refractivity contribution >= 4 is 23.7 Å². The van der Waals surface area contributed by atoms with Gasteiger partial charge in [-0.2, -0.15) is 0 Å². The van der Waals surface area contributed by atoms with Gasteiger partial charge in [0, 0.05) is 0 Å². The molecule has 0 spiro atoms. The van der Waals surface area contributed by atoms with Crippen molar-refractivity contribution in [1.82, 2.24) is 0 Å². The normalized spacial score (nSPS) is 11.0. The van der Waals surface area contributed by atoms with E-state index in [0.717, 1.165) is 24.0 Å². The van der Waals surface area contributed by atoms with Crippen molar-refractivity contribution in [3.63, 3.8) is 0 Å². The molecular weight excluding hydrogens is 420 g/mol. The number of ketones is 2. The van der Waals surface area contributed by atoms with Crippen molar-refractivity contribution in [2.45, 2.75) is 33.1 Å². The third kappa shape index (κ3) is 8.48. The SMILES string of the molecule is CCCOc1ccc(/C=C/C(=O)CC(=O)/C=C/c2ccc(OCCC)c(OC)c2)cc1OC. The largest absolute Gasteiger partial charge is 0.493 e. The molecule has 176 valence electrons. The molecule has 0 aromatic heterocycles. The topological polar surface area (TPSA) is 71.1 Å². The standard InChI is InChI=1S/C27H32O6/c1-5-15-32-24-13-9-20(17-26(24)30-3)7-11-22(28)19-23(29)12-8-21-10-14-25(33-16-6-2)27(18-21)31-4/h7-14,17-18H,5-6,15-16,19H2,1-4H3/b11-7+,12-8+. The molecule has 6 heteroatoms. The second kappa shape index (κ2) is 13.8. The molecule has 2 aromatic rings. The summed E-state index contributed by atoms with van der Waals surface area (Å²) in [7, 11) is 3.14. The lowest BCUT2D eigenvalue weighted by Gasteiger charge is -2.10. The molecule has 0 aliphatic heterocycles. The molecular formula is C27H32O6. The van der Waals surface area contributed by atoms with E-state index in [0.29, 0.717) is 36.2 Å². The first-order valence-electron chi connectivity index (χ1n) is 11.0. The van der Waals surface area contributed by atoms with Crippen molar-refractivity contribution in [2.24, 2.45) is 0 Å². The molecule has 0 amide bonds. The first kappa shape index (κ1) is 25.7. The number of benzene rings is 2. The van der Waals surface area contributed by atoms with Gasteiger partial charge in [0.15, 0.2) is 34.6 Å². The maximum atomic E-state index is 12.2. The zero-order valence-corrected chi connectivity index (χ0v) is 19.8. The summed E-state index contributed by atoms with van der Waals surface area (Å²) in [5.41, 5.74) is 1.56. The van der Waals surface area contributed by atoms with Gasteiger partial charge >= 0.3 is 0 Å². The number of carbonyl (C=O) groups excluding carboxylic acids is 2. The van der Waals surface area contributed by atoms with Crippen LogP contribution in [0.4, 0.5) is 0 Å². The zero-order chi connectivity index (χ0) is 24.1. The predicted molar refractivity (Wildman–Crippen MR) is 130 cm³/mol. The molecule has 0 atom stereocenters. The highest BCUT2D eigenvalue weighted by Gasteiger charge is 2.08. The molecule has 6 nitrogen and oxygen atoms in total. The molecule has 0 unspecified atom stereocenters. The highest BCUT2D eigenvalue weighted by Crippen LogP contribution is 2.29. The number of hydrogen-bond acceptors (Lipinski definition) is 6. The lowest BCUT2D eigenvalue weighted by atomic mass is 10.1. The van der Waals surface area contributed by atoms with Crippen LogP contribution in [0.3, 0.4) is 0 Å². The Kier molecular flexibility index (Phi) is 10.7. The quantitative estimate of drug-likeness (QED) is 0.277. The van der Waals surface area contributed by atoms with Crippen LogP contribution >= 0.6 is 0 Å². The molecule has 0 saturated carbocycles. The second-order valence-electron chi connectivity index (χ2n) is 7.29. The van der Waals surface area contributed by atoms with Gasteiger partial charge < -0.3 is 18.9 Å². The molecule has 0 fully saturated rings. The summed E-state index contributed by atoms with van der Waals surface area (Å²) in [6.45, 7) is 5.26. The number of ether oxygens (including phenoxy) is 4. The Bertz CT molecular complexity index is 911. The van der Waals surface area contributed by atoms with E-state index in [1.165, 1.54) is 12.2 Å². The van der Waals surface area contributed by atoms with Crippen LogP contribution in [0.2, 0.25) is 0 Å². The predicted octanol–water partition coefficient (Wildman–Crippen LogP) is 5.54. The molecule has 2 rings (SSSR count). The number of methoxy groups -OCH3 is 2. The van der Waals surface area contributed by atoms with Gasteiger partial charge in [-0.05, 0) is 60.4 Å². The summed E-state index contributed by atoms with van der Waals surface area (Å²) >= 11 is 0. The van der Waals surface area contributed by atoms with E-state index in [2.05, 4.69) is 0 Å². The molecule has 2 aromatic carbocycles. The number of allylic oxidation sites excluding steroid dienone is 2. The summed E-state index contributed by atoms with van der Waals surface area (Å²) in [5, 5.41) is 0. The summed E-state index contributed by atoms with van der Waals surface area (Å²) in [6, 6.07) is 10.9. The average molecular weight is 453 g/mol. The highest BCUT2D eigenvalue weighted by molar-refractivity contribution is 6.10. The van der Waals surface area contributed by atoms with Gasteiger partial charge in [-0.3, -0.25) is 9.59 Å². The van der Waals surface area contributed by atoms with E-state index < -0.39 is 0 Å². The van der Waals surface area contributed by atoms with Gasteiger partial charge in [0.2, 0.25) is 0 Å². The second-order valence-corrected chi connectivity index (χ2v) is 7.29. The lowest BCUT2D eigenvalue weighted by molar-refractivity contribution is -0.121. The van der Waals surface area contributed by atoms with E-state index in [4.69, 9.17) is 18.9 Å². The monoisotopic (exact) mass is 452 g/mol. The number of rotatable bonds is 14. The molecule has 0 N–H and O–H groups in total. The van der Waals surface area contributed by atoms with Crippen LogP contribution in [0.1, 0.15) is 44.2 Å². The van der Waals surface area contributed by atoms with Crippen molar-refractivity contribution in [3.05, 3.63) is 59.7 Å². The van der Waals surface area contributed by atoms with E-state index >= 15 is 0 Å². The van der Waals surface area contributed by atoms with Crippen molar-refractivity contribution < 1.29 is 28.5 Å². The Balaban J connectivity index is 1.95. The lowest BCUT2D eigenvalue weighted by Crippen LogP contribution is -2.02. The van der Waals surface area contributed by atoms with Crippen molar-refractivity contribution in [1.29, 1.82) is 0 Å². The fourth-order valence-electron chi connectivity index (χ4n) is 2.91. The Morgan fingerprint density at radius 1 is 0.697 bits per heavy atom. The fraction of sp³-hybridized carbons (Fsp3) is 0.333. The van der Waals surface area contributed by atoms with Gasteiger partial charge in [0.25, 0.3) is 0 Å². The van der Waals surface area contributed by atoms with Crippen molar-refractivity contribution in [3.8, 4) is 23.0 Å². The molecule has 0 heterocycles. The van der Waals surface area contributed by atoms with Crippen molar-refractivity contribution in [2.75, 3.05) is 27.4 Å². The fourth-order valence-corrected chi connectivity index (χ4v) is 2.91. The van der Waals surface area contributed by atoms with Crippen LogP contribution in [0.15, 0.2) is 48.6 Å². The van der Waals surface area contributed by atoms with Gasteiger partial charge in [0.1, 0.15) is 0 Å². The van der Waals surface area contributed by atoms with Gasteiger partial charge in [0.05, 0.1) is 33.9 Å². The molecule has 0 saturated heterocycles. The van der Waals surface area contributed by atoms with Crippen LogP contribution < -0.4 is 18.9 Å². The maximum Gasteiger partial charge on any atom is 0.163 e. The van der Waals surface area contributed by atoms with E-state index in [9.17, 15) is 9.59 Å². The number of carbonyl (C=O) groups is 2. The molecule has 0 radical (unpaired) electrons. The summed E-state index contributed by atoms with van der Waals surface area (Å²) in [4.78, 5) is 24.4. The van der Waals surface area contributed by atoms with Gasteiger partial charge in [-0.25, -0.2) is 0 Å². The smallest absolute Gasteiger partial charge is 0.163 e. The number of hydrogen-bond donors (Lipinski definition) is 0. The highest BCUT2D eigenvalue weighted by atomic mass is 16.5. The Morgan fingerprint density at radius 2 is 1.12 bits per heavy atom. The van der Waals surface area contributed by atoms with E-state index in [-0.39, 0.29) is 18.0 Å². The minimum Gasteiger partial charge on any atom is -0.493 e. The first-order valence-corrected chi connectivity index (χ1v) is 11.0. The van der Waals surface area contributed by atoms with Crippen LogP contribution in [-0.2, 0) is 9.59 Å². The Hall–Kier alpha value is -3.54. The van der Waals surface area contributed by atoms with Crippen LogP contribution in [0.5, 0.6) is 23.0 Å². The zero-order valence-electron chi connectivity index (χ0n) is 19.8. The molecule has 0 aliphatic carbocycles. The molecule has 0 bridgehead atoms. The minimum absolute atomic E-state index is 0.212. The third-order valence-corrected chi connectivity index (χ3v) is 4.57. The average Bonchev–Trinajstić information content (AvgIpc) is 2.83. The summed E-state index contributed by atoms with van der Waals surface area (Å²) in [6.07, 6.45) is 7.70. The van der Waals surface area contributed by atoms with Gasteiger partial charge in [-0.1, -0.05) is 38.1 Å². The van der Waals surface area contributed by atoms with Crippen LogP contribution in [0, 0.1) is 0 Å². The van der Waals surface area contributed by atoms with Crippen LogP contribution in [0.25, 0.3) is 12.2 Å². The van der Waals surface area contributed by atoms with Crippen LogP contribution in [-0.4, -0.2) is 39.0 Å². The molecule has 0 aliphatic rings. The summed E-state index contributed by atoms with van der Waals surface area (Å²) in [5.74, 6) is 1.94. The van der Waals surface area contributed by atoms with E-state index in [1.807, 2.05) is 26.0 Å². The molecule has 33 heavy (non-hydrogen) atoms. The summed E-state index contributed by atoms with van der Waals surface area (Å²) < 4.78 is 22.0. The minimum atomic E-state index is -0.282. The van der Waals surface area contributed by atoms with Gasteiger partial charge in [-0.15, -0.1) is 0 Å². The Labute approximate surface area is 195 Å². The first-order chi connectivity index (χ1) is 16.0.